The summed E-state index contributed by atoms with van der Waals surface area (Å²) in [6.07, 6.45) is 0. The number of ether oxygens (including phenoxy) is 1. The van der Waals surface area contributed by atoms with Gasteiger partial charge in [-0.1, -0.05) is 71.9 Å². The topological polar surface area (TPSA) is 57.0 Å². The molecule has 0 amide bonds. The second-order valence-electron chi connectivity index (χ2n) is 7.21. The van der Waals surface area contributed by atoms with E-state index in [2.05, 4.69) is 10.3 Å². The summed E-state index contributed by atoms with van der Waals surface area (Å²) in [4.78, 5) is 12.5. The highest BCUT2D eigenvalue weighted by Crippen LogP contribution is 2.23. The van der Waals surface area contributed by atoms with Gasteiger partial charge in [-0.2, -0.15) is 0 Å². The van der Waals surface area contributed by atoms with Crippen LogP contribution in [0.2, 0.25) is 0 Å². The van der Waals surface area contributed by atoms with Crippen LogP contribution < -0.4 is 4.74 Å². The van der Waals surface area contributed by atoms with Gasteiger partial charge >= 0.3 is 5.97 Å². The minimum absolute atomic E-state index is 0.384. The predicted molar refractivity (Wildman–Crippen MR) is 120 cm³/mol. The summed E-state index contributed by atoms with van der Waals surface area (Å²) in [5.74, 6) is 0.132. The zero-order chi connectivity index (χ0) is 21.0. The number of para-hydroxylation sites is 1. The molecular formula is C26H19N3O2. The van der Waals surface area contributed by atoms with Crippen molar-refractivity contribution in [1.82, 2.24) is 15.0 Å². The first kappa shape index (κ1) is 18.8. The summed E-state index contributed by atoms with van der Waals surface area (Å²) in [6.45, 7) is 0.580. The number of fused-ring (bicyclic) bond motifs is 1. The van der Waals surface area contributed by atoms with E-state index in [4.69, 9.17) is 4.74 Å². The van der Waals surface area contributed by atoms with Crippen molar-refractivity contribution in [3.63, 3.8) is 0 Å². The summed E-state index contributed by atoms with van der Waals surface area (Å²) < 4.78 is 7.37. The lowest BCUT2D eigenvalue weighted by Gasteiger charge is -2.07. The Morgan fingerprint density at radius 3 is 2.19 bits per heavy atom. The quantitative estimate of drug-likeness (QED) is 0.292. The molecule has 0 N–H and O–H groups in total. The maximum Gasteiger partial charge on any atom is 0.343 e. The van der Waals surface area contributed by atoms with Gasteiger partial charge in [0.15, 0.2) is 0 Å². The van der Waals surface area contributed by atoms with Crippen LogP contribution in [-0.2, 0) is 6.54 Å². The summed E-state index contributed by atoms with van der Waals surface area (Å²) in [5, 5.41) is 8.38. The summed E-state index contributed by atoms with van der Waals surface area (Å²) in [5.41, 5.74) is 5.56. The average Bonchev–Trinajstić information content (AvgIpc) is 3.23. The Balaban J connectivity index is 1.26. The fourth-order valence-electron chi connectivity index (χ4n) is 3.47. The van der Waals surface area contributed by atoms with Crippen LogP contribution in [0.15, 0.2) is 103 Å². The van der Waals surface area contributed by atoms with Crippen LogP contribution in [0.3, 0.4) is 0 Å². The molecule has 0 saturated heterocycles. The van der Waals surface area contributed by atoms with Gasteiger partial charge in [-0.3, -0.25) is 0 Å². The molecule has 5 heteroatoms. The van der Waals surface area contributed by atoms with E-state index in [1.165, 1.54) is 0 Å². The number of benzene rings is 4. The molecule has 1 heterocycles. The van der Waals surface area contributed by atoms with Crippen molar-refractivity contribution in [1.29, 1.82) is 0 Å². The first-order valence-corrected chi connectivity index (χ1v) is 10.0. The van der Waals surface area contributed by atoms with E-state index >= 15 is 0 Å². The van der Waals surface area contributed by atoms with Gasteiger partial charge in [0.25, 0.3) is 0 Å². The van der Waals surface area contributed by atoms with Gasteiger partial charge < -0.3 is 4.74 Å². The van der Waals surface area contributed by atoms with Gasteiger partial charge in [-0.25, -0.2) is 9.48 Å². The maximum absolute atomic E-state index is 12.5. The second-order valence-corrected chi connectivity index (χ2v) is 7.21. The monoisotopic (exact) mass is 405 g/mol. The molecule has 0 bridgehead atoms. The van der Waals surface area contributed by atoms with Crippen molar-refractivity contribution in [3.8, 4) is 16.9 Å². The largest absolute Gasteiger partial charge is 0.423 e. The van der Waals surface area contributed by atoms with Gasteiger partial charge in [0, 0.05) is 0 Å². The fourth-order valence-corrected chi connectivity index (χ4v) is 3.47. The lowest BCUT2D eigenvalue weighted by atomic mass is 10.1. The summed E-state index contributed by atoms with van der Waals surface area (Å²) in [6, 6.07) is 32.8. The molecule has 5 aromatic rings. The van der Waals surface area contributed by atoms with E-state index in [1.807, 2.05) is 95.7 Å². The van der Waals surface area contributed by atoms with E-state index in [-0.39, 0.29) is 5.97 Å². The van der Waals surface area contributed by atoms with E-state index in [9.17, 15) is 4.79 Å². The lowest BCUT2D eigenvalue weighted by molar-refractivity contribution is 0.0735. The zero-order valence-corrected chi connectivity index (χ0v) is 16.7. The number of esters is 1. The van der Waals surface area contributed by atoms with Gasteiger partial charge in [0.05, 0.1) is 17.6 Å². The molecule has 0 aliphatic rings. The van der Waals surface area contributed by atoms with E-state index < -0.39 is 0 Å². The molecule has 0 spiro atoms. The zero-order valence-electron chi connectivity index (χ0n) is 16.7. The van der Waals surface area contributed by atoms with Crippen LogP contribution in [-0.4, -0.2) is 21.0 Å². The molecule has 150 valence electrons. The first-order chi connectivity index (χ1) is 15.3. The Bertz CT molecular complexity index is 1320. The normalized spacial score (nSPS) is 10.8. The number of hydrogen-bond donors (Lipinski definition) is 0. The predicted octanol–water partition coefficient (Wildman–Crippen LogP) is 5.37. The van der Waals surface area contributed by atoms with Crippen LogP contribution in [0.25, 0.3) is 22.2 Å². The van der Waals surface area contributed by atoms with Crippen LogP contribution in [0, 0.1) is 0 Å². The molecule has 0 fully saturated rings. The Labute approximate surface area is 179 Å². The highest BCUT2D eigenvalue weighted by Gasteiger charge is 2.10. The average molecular weight is 405 g/mol. The Morgan fingerprint density at radius 2 is 1.42 bits per heavy atom. The van der Waals surface area contributed by atoms with Crippen LogP contribution >= 0.6 is 0 Å². The summed E-state index contributed by atoms with van der Waals surface area (Å²) in [7, 11) is 0. The molecule has 0 saturated carbocycles. The number of rotatable bonds is 5. The van der Waals surface area contributed by atoms with Crippen LogP contribution in [0.5, 0.6) is 5.75 Å². The molecule has 31 heavy (non-hydrogen) atoms. The first-order valence-electron chi connectivity index (χ1n) is 10.0. The Kier molecular flexibility index (Phi) is 4.99. The minimum Gasteiger partial charge on any atom is -0.423 e. The number of hydrogen-bond acceptors (Lipinski definition) is 4. The van der Waals surface area contributed by atoms with Gasteiger partial charge in [-0.15, -0.1) is 5.10 Å². The lowest BCUT2D eigenvalue weighted by Crippen LogP contribution is -2.09. The minimum atomic E-state index is -0.384. The standard InChI is InChI=1S/C26H19N3O2/c30-26(31-23-16-14-21(15-17-23)20-6-2-1-3-7-20)22-12-10-19(11-13-22)18-29-25-9-5-4-8-24(25)27-28-29/h1-17H,18H2. The molecule has 0 aliphatic carbocycles. The Morgan fingerprint density at radius 1 is 0.742 bits per heavy atom. The Hall–Kier alpha value is -4.25. The molecule has 5 rings (SSSR count). The molecule has 0 aliphatic heterocycles. The smallest absolute Gasteiger partial charge is 0.343 e. The van der Waals surface area contributed by atoms with E-state index in [0.717, 1.165) is 27.7 Å². The molecule has 0 radical (unpaired) electrons. The highest BCUT2D eigenvalue weighted by molar-refractivity contribution is 5.91. The maximum atomic E-state index is 12.5. The third kappa shape index (κ3) is 4.07. The van der Waals surface area contributed by atoms with Crippen LogP contribution in [0.4, 0.5) is 0 Å². The van der Waals surface area contributed by atoms with Crippen molar-refractivity contribution in [3.05, 3.63) is 114 Å². The third-order valence-corrected chi connectivity index (χ3v) is 5.11. The van der Waals surface area contributed by atoms with Crippen molar-refractivity contribution in [2.24, 2.45) is 0 Å². The van der Waals surface area contributed by atoms with Crippen molar-refractivity contribution < 1.29 is 9.53 Å². The van der Waals surface area contributed by atoms with Gasteiger partial charge in [0.2, 0.25) is 0 Å². The second kappa shape index (κ2) is 8.24. The number of carbonyl (C=O) groups excluding carboxylic acids is 1. The molecule has 1 aromatic heterocycles. The van der Waals surface area contributed by atoms with Gasteiger partial charge in [0.1, 0.15) is 11.3 Å². The number of carbonyl (C=O) groups is 1. The molecule has 4 aromatic carbocycles. The highest BCUT2D eigenvalue weighted by atomic mass is 16.5. The third-order valence-electron chi connectivity index (χ3n) is 5.11. The molecular weight excluding hydrogens is 386 g/mol. The number of nitrogens with zero attached hydrogens (tertiary/aromatic N) is 3. The number of aromatic nitrogens is 3. The van der Waals surface area contributed by atoms with Gasteiger partial charge in [-0.05, 0) is 53.1 Å². The summed E-state index contributed by atoms with van der Waals surface area (Å²) >= 11 is 0. The van der Waals surface area contributed by atoms with Crippen molar-refractivity contribution in [2.45, 2.75) is 6.54 Å². The molecule has 0 atom stereocenters. The van der Waals surface area contributed by atoms with E-state index in [1.54, 1.807) is 12.1 Å². The molecule has 5 nitrogen and oxygen atoms in total. The van der Waals surface area contributed by atoms with Crippen molar-refractivity contribution in [2.75, 3.05) is 0 Å². The van der Waals surface area contributed by atoms with E-state index in [0.29, 0.717) is 17.9 Å². The molecule has 0 unspecified atom stereocenters. The fraction of sp³-hybridized carbons (Fsp3) is 0.0385. The van der Waals surface area contributed by atoms with Crippen molar-refractivity contribution >= 4 is 17.0 Å². The SMILES string of the molecule is O=C(Oc1ccc(-c2ccccc2)cc1)c1ccc(Cn2nnc3ccccc32)cc1. The van der Waals surface area contributed by atoms with Crippen LogP contribution in [0.1, 0.15) is 15.9 Å².